The van der Waals surface area contributed by atoms with Gasteiger partial charge in [0.1, 0.15) is 5.75 Å². The molecule has 2 N–H and O–H groups in total. The predicted octanol–water partition coefficient (Wildman–Crippen LogP) is 5.55. The summed E-state index contributed by atoms with van der Waals surface area (Å²) in [5.41, 5.74) is 1.03. The number of hydrogen-bond donors (Lipinski definition) is 2. The van der Waals surface area contributed by atoms with Crippen LogP contribution in [0.4, 0.5) is 11.4 Å². The molecule has 156 valence electrons. The van der Waals surface area contributed by atoms with Crippen LogP contribution in [0.2, 0.25) is 5.02 Å². The van der Waals surface area contributed by atoms with Gasteiger partial charge in [0.2, 0.25) is 0 Å². The first-order chi connectivity index (χ1) is 14.3. The van der Waals surface area contributed by atoms with E-state index in [0.717, 1.165) is 4.47 Å². The average molecular weight is 510 g/mol. The van der Waals surface area contributed by atoms with Crippen LogP contribution < -0.4 is 14.8 Å². The van der Waals surface area contributed by atoms with E-state index >= 15 is 0 Å². The Balaban J connectivity index is 1.91. The lowest BCUT2D eigenvalue weighted by Gasteiger charge is -2.14. The quantitative estimate of drug-likeness (QED) is 0.437. The topological polar surface area (TPSA) is 84.5 Å². The summed E-state index contributed by atoms with van der Waals surface area (Å²) in [5, 5.41) is 3.22. The number of sulfonamides is 1. The Morgan fingerprint density at radius 2 is 1.80 bits per heavy atom. The summed E-state index contributed by atoms with van der Waals surface area (Å²) in [6, 6.07) is 17.4. The first-order valence-corrected chi connectivity index (χ1v) is 11.6. The molecule has 3 rings (SSSR count). The second-order valence-corrected chi connectivity index (χ2v) is 9.20. The molecule has 0 aliphatic carbocycles. The van der Waals surface area contributed by atoms with Crippen LogP contribution in [-0.2, 0) is 10.0 Å². The standard InChI is InChI=1S/C21H18BrClN2O4S/c1-2-29-20-11-10-18(30(27,28)25-17-5-3-4-15(22)12-17)13-19(20)24-21(26)14-6-8-16(23)9-7-14/h3-13,25H,2H2,1H3,(H,24,26). The Morgan fingerprint density at radius 1 is 1.07 bits per heavy atom. The van der Waals surface area contributed by atoms with Gasteiger partial charge in [-0.2, -0.15) is 0 Å². The Kier molecular flexibility index (Phi) is 7.02. The monoisotopic (exact) mass is 508 g/mol. The van der Waals surface area contributed by atoms with Gasteiger partial charge in [-0.15, -0.1) is 0 Å². The van der Waals surface area contributed by atoms with E-state index in [2.05, 4.69) is 26.0 Å². The Hall–Kier alpha value is -2.55. The lowest BCUT2D eigenvalue weighted by atomic mass is 10.2. The molecule has 0 fully saturated rings. The van der Waals surface area contributed by atoms with Crippen LogP contribution in [0.15, 0.2) is 76.1 Å². The summed E-state index contributed by atoms with van der Waals surface area (Å²) in [6.45, 7) is 2.15. The van der Waals surface area contributed by atoms with E-state index in [4.69, 9.17) is 16.3 Å². The molecule has 0 heterocycles. The SMILES string of the molecule is CCOc1ccc(S(=O)(=O)Nc2cccc(Br)c2)cc1NC(=O)c1ccc(Cl)cc1. The van der Waals surface area contributed by atoms with Crippen molar-refractivity contribution in [2.75, 3.05) is 16.6 Å². The fraction of sp³-hybridized carbons (Fsp3) is 0.0952. The molecule has 0 saturated heterocycles. The van der Waals surface area contributed by atoms with Crippen molar-refractivity contribution in [3.63, 3.8) is 0 Å². The molecule has 0 atom stereocenters. The Bertz CT molecular complexity index is 1170. The van der Waals surface area contributed by atoms with E-state index in [0.29, 0.717) is 28.6 Å². The molecule has 1 amide bonds. The predicted molar refractivity (Wildman–Crippen MR) is 122 cm³/mol. The fourth-order valence-electron chi connectivity index (χ4n) is 2.62. The second kappa shape index (κ2) is 9.51. The maximum Gasteiger partial charge on any atom is 0.261 e. The van der Waals surface area contributed by atoms with Gasteiger partial charge in [-0.3, -0.25) is 9.52 Å². The molecular formula is C21H18BrClN2O4S. The van der Waals surface area contributed by atoms with Crippen molar-refractivity contribution in [3.05, 3.63) is 81.8 Å². The largest absolute Gasteiger partial charge is 0.492 e. The third-order valence-electron chi connectivity index (χ3n) is 3.99. The lowest BCUT2D eigenvalue weighted by molar-refractivity contribution is 0.102. The number of anilines is 2. The van der Waals surface area contributed by atoms with Crippen molar-refractivity contribution in [2.24, 2.45) is 0 Å². The van der Waals surface area contributed by atoms with E-state index in [9.17, 15) is 13.2 Å². The van der Waals surface area contributed by atoms with Crippen molar-refractivity contribution in [1.82, 2.24) is 0 Å². The zero-order valence-corrected chi connectivity index (χ0v) is 19.0. The molecular weight excluding hydrogens is 492 g/mol. The molecule has 0 aliphatic heterocycles. The number of nitrogens with one attached hydrogen (secondary N) is 2. The van der Waals surface area contributed by atoms with Crippen LogP contribution in [0.5, 0.6) is 5.75 Å². The highest BCUT2D eigenvalue weighted by Gasteiger charge is 2.18. The summed E-state index contributed by atoms with van der Waals surface area (Å²) in [5.74, 6) is -0.0525. The highest BCUT2D eigenvalue weighted by atomic mass is 79.9. The van der Waals surface area contributed by atoms with Gasteiger partial charge in [-0.05, 0) is 67.6 Å². The molecule has 0 bridgehead atoms. The smallest absolute Gasteiger partial charge is 0.261 e. The van der Waals surface area contributed by atoms with Gasteiger partial charge in [-0.1, -0.05) is 33.6 Å². The van der Waals surface area contributed by atoms with E-state index in [1.54, 1.807) is 55.5 Å². The first kappa shape index (κ1) is 22.1. The highest BCUT2D eigenvalue weighted by molar-refractivity contribution is 9.10. The average Bonchev–Trinajstić information content (AvgIpc) is 2.69. The highest BCUT2D eigenvalue weighted by Crippen LogP contribution is 2.30. The molecule has 0 aliphatic rings. The van der Waals surface area contributed by atoms with Crippen LogP contribution in [0.25, 0.3) is 0 Å². The second-order valence-electron chi connectivity index (χ2n) is 6.17. The number of rotatable bonds is 7. The minimum absolute atomic E-state index is 0.0164. The molecule has 3 aromatic rings. The lowest BCUT2D eigenvalue weighted by Crippen LogP contribution is -2.16. The van der Waals surface area contributed by atoms with Gasteiger partial charge in [0.05, 0.1) is 17.2 Å². The maximum atomic E-state index is 12.8. The molecule has 0 spiro atoms. The molecule has 0 radical (unpaired) electrons. The summed E-state index contributed by atoms with van der Waals surface area (Å²) < 4.78 is 34.5. The van der Waals surface area contributed by atoms with Gasteiger partial charge in [0.15, 0.2) is 0 Å². The zero-order chi connectivity index (χ0) is 21.7. The number of halogens is 2. The number of ether oxygens (including phenoxy) is 1. The fourth-order valence-corrected chi connectivity index (χ4v) is 4.22. The minimum atomic E-state index is -3.89. The number of carbonyl (C=O) groups excluding carboxylic acids is 1. The number of hydrogen-bond acceptors (Lipinski definition) is 4. The molecule has 9 heteroatoms. The molecule has 0 saturated carbocycles. The molecule has 30 heavy (non-hydrogen) atoms. The van der Waals surface area contributed by atoms with Gasteiger partial charge < -0.3 is 10.1 Å². The van der Waals surface area contributed by atoms with Crippen LogP contribution in [0, 0.1) is 0 Å². The van der Waals surface area contributed by atoms with E-state index in [1.807, 2.05) is 0 Å². The van der Waals surface area contributed by atoms with Crippen LogP contribution in [0.1, 0.15) is 17.3 Å². The summed E-state index contributed by atoms with van der Waals surface area (Å²) in [7, 11) is -3.89. The zero-order valence-electron chi connectivity index (χ0n) is 15.9. The molecule has 3 aromatic carbocycles. The van der Waals surface area contributed by atoms with Gasteiger partial charge in [0, 0.05) is 20.7 Å². The first-order valence-electron chi connectivity index (χ1n) is 8.90. The van der Waals surface area contributed by atoms with Crippen LogP contribution in [0.3, 0.4) is 0 Å². The normalized spacial score (nSPS) is 11.0. The molecule has 6 nitrogen and oxygen atoms in total. The van der Waals surface area contributed by atoms with Crippen molar-refractivity contribution < 1.29 is 17.9 Å². The maximum absolute atomic E-state index is 12.8. The van der Waals surface area contributed by atoms with Gasteiger partial charge in [-0.25, -0.2) is 8.42 Å². The third-order valence-corrected chi connectivity index (χ3v) is 6.12. The summed E-state index contributed by atoms with van der Waals surface area (Å²) >= 11 is 9.17. The van der Waals surface area contributed by atoms with Crippen LogP contribution in [-0.4, -0.2) is 20.9 Å². The summed E-state index contributed by atoms with van der Waals surface area (Å²) in [4.78, 5) is 12.6. The van der Waals surface area contributed by atoms with Gasteiger partial charge >= 0.3 is 0 Å². The number of carbonyl (C=O) groups is 1. The third kappa shape index (κ3) is 5.53. The van der Waals surface area contributed by atoms with Crippen molar-refractivity contribution >= 4 is 54.8 Å². The molecule has 0 aromatic heterocycles. The number of benzene rings is 3. The van der Waals surface area contributed by atoms with Crippen molar-refractivity contribution in [3.8, 4) is 5.75 Å². The summed E-state index contributed by atoms with van der Waals surface area (Å²) in [6.07, 6.45) is 0. The minimum Gasteiger partial charge on any atom is -0.492 e. The van der Waals surface area contributed by atoms with E-state index in [-0.39, 0.29) is 10.6 Å². The number of amides is 1. The van der Waals surface area contributed by atoms with Crippen molar-refractivity contribution in [2.45, 2.75) is 11.8 Å². The Morgan fingerprint density at radius 3 is 2.47 bits per heavy atom. The van der Waals surface area contributed by atoms with Crippen LogP contribution >= 0.6 is 27.5 Å². The van der Waals surface area contributed by atoms with E-state index in [1.165, 1.54) is 18.2 Å². The van der Waals surface area contributed by atoms with Gasteiger partial charge in [0.25, 0.3) is 15.9 Å². The van der Waals surface area contributed by atoms with E-state index < -0.39 is 15.9 Å². The van der Waals surface area contributed by atoms with Crippen molar-refractivity contribution in [1.29, 1.82) is 0 Å². The molecule has 0 unspecified atom stereocenters. The Labute approximate surface area is 188 Å².